The SMILES string of the molecule is CC/C=C\C/C=C\C/C=C\C/C=C\C/C=C\C/C=C\C/C=C\C/C=C\C/C=C\CCCCCCCC(=O)OC(COC(=O)CCCCCCCCCCCCCCCCCCCCCCCCCCC/C=C\CCCCCCCCCC)COC(OCC[N+](C)(C)C)C(=O)[O-]. The second-order valence-electron chi connectivity index (χ2n) is 27.6. The van der Waals surface area contributed by atoms with E-state index < -0.39 is 24.3 Å². The Hall–Kier alpha value is -4.31. The van der Waals surface area contributed by atoms with Crippen LogP contribution in [0.5, 0.6) is 0 Å². The van der Waals surface area contributed by atoms with Crippen LogP contribution in [0, 0.1) is 0 Å². The summed E-state index contributed by atoms with van der Waals surface area (Å²) in [6, 6.07) is 0. The number of ether oxygens (including phenoxy) is 4. The Kier molecular flexibility index (Phi) is 72.0. The molecule has 0 saturated carbocycles. The Balaban J connectivity index is 4.08. The van der Waals surface area contributed by atoms with Crippen LogP contribution in [-0.2, 0) is 33.3 Å². The number of carboxylic acids is 1. The van der Waals surface area contributed by atoms with E-state index in [9.17, 15) is 19.5 Å². The standard InChI is InChI=1S/C86H149NO8/c1-6-8-10-12-14-16-18-20-22-24-26-28-30-32-34-36-38-40-41-42-43-45-46-48-50-52-54-56-58-60-62-64-66-68-70-72-74-76-83(88)93-80-82(81-94-86(85(90)91)92-79-78-87(3,4)5)95-84(89)77-75-73-71-69-67-65-63-61-59-57-55-53-51-49-47-44-39-37-35-33-31-29-27-25-23-21-19-17-15-13-11-9-7-2/h9,11,15,17,21,23-24,26-27,29,33,35,39,44,49,51,55,57,61,63,82,86H,6-8,10,12-14,16,18-20,22,25,28,30-32,34,36-38,40-43,45-48,50,52-54,56,58-60,62,64-81H2,1-5H3/b11-9-,17-15-,23-21-,26-24-,29-27-,35-33-,44-39-,51-49-,57-55-,63-61-. The Morgan fingerprint density at radius 2 is 0.600 bits per heavy atom. The Bertz CT molecular complexity index is 1980. The van der Waals surface area contributed by atoms with Crippen LogP contribution >= 0.6 is 0 Å². The van der Waals surface area contributed by atoms with Crippen molar-refractivity contribution in [1.29, 1.82) is 0 Å². The minimum absolute atomic E-state index is 0.139. The van der Waals surface area contributed by atoms with Crippen molar-refractivity contribution in [3.05, 3.63) is 122 Å². The molecule has 0 spiro atoms. The summed E-state index contributed by atoms with van der Waals surface area (Å²) in [6.45, 7) is 4.64. The first-order valence-corrected chi connectivity index (χ1v) is 39.7. The van der Waals surface area contributed by atoms with E-state index in [1.54, 1.807) is 0 Å². The van der Waals surface area contributed by atoms with E-state index in [1.807, 2.05) is 21.1 Å². The molecule has 2 unspecified atom stereocenters. The minimum Gasteiger partial charge on any atom is -0.545 e. The van der Waals surface area contributed by atoms with Crippen LogP contribution < -0.4 is 5.11 Å². The Morgan fingerprint density at radius 1 is 0.326 bits per heavy atom. The van der Waals surface area contributed by atoms with E-state index in [4.69, 9.17) is 18.9 Å². The Morgan fingerprint density at radius 3 is 0.905 bits per heavy atom. The van der Waals surface area contributed by atoms with Gasteiger partial charge in [-0.2, -0.15) is 0 Å². The van der Waals surface area contributed by atoms with E-state index in [0.29, 0.717) is 17.4 Å². The van der Waals surface area contributed by atoms with Crippen molar-refractivity contribution in [3.63, 3.8) is 0 Å². The lowest BCUT2D eigenvalue weighted by Crippen LogP contribution is -2.44. The molecule has 0 saturated heterocycles. The highest BCUT2D eigenvalue weighted by molar-refractivity contribution is 5.70. The van der Waals surface area contributed by atoms with Gasteiger partial charge in [-0.25, -0.2) is 0 Å². The van der Waals surface area contributed by atoms with Crippen molar-refractivity contribution >= 4 is 17.9 Å². The van der Waals surface area contributed by atoms with E-state index >= 15 is 0 Å². The summed E-state index contributed by atoms with van der Waals surface area (Å²) in [7, 11) is 5.93. The molecule has 0 fully saturated rings. The number of esters is 2. The lowest BCUT2D eigenvalue weighted by Gasteiger charge is -2.26. The van der Waals surface area contributed by atoms with Gasteiger partial charge in [-0.15, -0.1) is 0 Å². The molecule has 95 heavy (non-hydrogen) atoms. The molecule has 0 aromatic carbocycles. The fraction of sp³-hybridized carbons (Fsp3) is 0.733. The van der Waals surface area contributed by atoms with Crippen molar-refractivity contribution in [2.45, 2.75) is 360 Å². The maximum absolute atomic E-state index is 13.0. The highest BCUT2D eigenvalue weighted by atomic mass is 16.7. The average molecular weight is 1330 g/mol. The maximum atomic E-state index is 13.0. The quantitative estimate of drug-likeness (QED) is 0.0195. The van der Waals surface area contributed by atoms with Gasteiger partial charge in [-0.3, -0.25) is 9.59 Å². The number of allylic oxidation sites excluding steroid dienone is 20. The molecular weight excluding hydrogens is 1170 g/mol. The lowest BCUT2D eigenvalue weighted by atomic mass is 10.0. The molecule has 0 N–H and O–H groups in total. The number of unbranched alkanes of at least 4 members (excludes halogenated alkanes) is 38. The predicted octanol–water partition coefficient (Wildman–Crippen LogP) is 24.1. The van der Waals surface area contributed by atoms with Gasteiger partial charge in [0.25, 0.3) is 0 Å². The van der Waals surface area contributed by atoms with Gasteiger partial charge < -0.3 is 33.3 Å². The summed E-state index contributed by atoms with van der Waals surface area (Å²) in [4.78, 5) is 37.6. The van der Waals surface area contributed by atoms with E-state index in [2.05, 4.69) is 135 Å². The van der Waals surface area contributed by atoms with Gasteiger partial charge in [0.15, 0.2) is 12.4 Å². The van der Waals surface area contributed by atoms with Crippen LogP contribution in [0.2, 0.25) is 0 Å². The lowest BCUT2D eigenvalue weighted by molar-refractivity contribution is -0.870. The number of quaternary nitrogens is 1. The molecule has 0 aliphatic rings. The van der Waals surface area contributed by atoms with Gasteiger partial charge in [-0.05, 0) is 109 Å². The van der Waals surface area contributed by atoms with Crippen molar-refractivity contribution in [2.75, 3.05) is 47.5 Å². The predicted molar refractivity (Wildman–Crippen MR) is 407 cm³/mol. The number of nitrogens with zero attached hydrogens (tertiary/aromatic N) is 1. The van der Waals surface area contributed by atoms with Gasteiger partial charge >= 0.3 is 11.9 Å². The third-order valence-corrected chi connectivity index (χ3v) is 17.2. The van der Waals surface area contributed by atoms with Crippen molar-refractivity contribution < 1.29 is 42.9 Å². The summed E-state index contributed by atoms with van der Waals surface area (Å²) >= 11 is 0. The minimum atomic E-state index is -1.63. The first-order valence-electron chi connectivity index (χ1n) is 39.7. The zero-order chi connectivity index (χ0) is 69.0. The summed E-state index contributed by atoms with van der Waals surface area (Å²) in [6.07, 6.45) is 105. The van der Waals surface area contributed by atoms with Gasteiger partial charge in [-0.1, -0.05) is 347 Å². The molecular formula is C86H149NO8. The van der Waals surface area contributed by atoms with E-state index in [0.717, 1.165) is 109 Å². The second kappa shape index (κ2) is 75.5. The number of carboxylic acid groups (broad SMARTS) is 1. The van der Waals surface area contributed by atoms with Crippen LogP contribution in [0.3, 0.4) is 0 Å². The third-order valence-electron chi connectivity index (χ3n) is 17.2. The summed E-state index contributed by atoms with van der Waals surface area (Å²) in [5.74, 6) is -2.30. The fourth-order valence-electron chi connectivity index (χ4n) is 11.2. The van der Waals surface area contributed by atoms with Crippen LogP contribution in [0.25, 0.3) is 0 Å². The zero-order valence-corrected chi connectivity index (χ0v) is 62.5. The van der Waals surface area contributed by atoms with Gasteiger partial charge in [0, 0.05) is 12.8 Å². The highest BCUT2D eigenvalue weighted by Gasteiger charge is 2.22. The highest BCUT2D eigenvalue weighted by Crippen LogP contribution is 2.18. The fourth-order valence-corrected chi connectivity index (χ4v) is 11.2. The molecule has 0 radical (unpaired) electrons. The van der Waals surface area contributed by atoms with Gasteiger partial charge in [0.2, 0.25) is 0 Å². The molecule has 0 aromatic heterocycles. The average Bonchev–Trinajstić information content (AvgIpc) is 3.75. The summed E-state index contributed by atoms with van der Waals surface area (Å²) in [5, 5.41) is 11.9. The van der Waals surface area contributed by atoms with Gasteiger partial charge in [0.1, 0.15) is 13.2 Å². The first kappa shape index (κ1) is 90.7. The van der Waals surface area contributed by atoms with Crippen molar-refractivity contribution in [2.24, 2.45) is 0 Å². The largest absolute Gasteiger partial charge is 0.545 e. The first-order chi connectivity index (χ1) is 46.6. The molecule has 0 bridgehead atoms. The third kappa shape index (κ3) is 76.9. The normalized spacial score (nSPS) is 13.3. The molecule has 546 valence electrons. The maximum Gasteiger partial charge on any atom is 0.306 e. The summed E-state index contributed by atoms with van der Waals surface area (Å²) < 4.78 is 22.8. The monoisotopic (exact) mass is 1320 g/mol. The number of carbonyl (C=O) groups excluding carboxylic acids is 3. The number of carbonyl (C=O) groups is 3. The van der Waals surface area contributed by atoms with Gasteiger partial charge in [0.05, 0.1) is 40.3 Å². The molecule has 0 aliphatic carbocycles. The van der Waals surface area contributed by atoms with E-state index in [1.165, 1.54) is 205 Å². The van der Waals surface area contributed by atoms with Crippen LogP contribution in [0.15, 0.2) is 122 Å². The number of likely N-dealkylation sites (N-methyl/N-ethyl adjacent to an activating group) is 1. The zero-order valence-electron chi connectivity index (χ0n) is 62.5. The van der Waals surface area contributed by atoms with Crippen LogP contribution in [0.4, 0.5) is 0 Å². The smallest absolute Gasteiger partial charge is 0.306 e. The molecule has 2 atom stereocenters. The number of rotatable bonds is 73. The molecule has 0 rings (SSSR count). The number of hydrogen-bond acceptors (Lipinski definition) is 8. The van der Waals surface area contributed by atoms with E-state index in [-0.39, 0.29) is 38.6 Å². The molecule has 0 aliphatic heterocycles. The molecule has 9 nitrogen and oxygen atoms in total. The Labute approximate surface area is 587 Å². The van der Waals surface area contributed by atoms with Crippen LogP contribution in [0.1, 0.15) is 348 Å². The number of hydrogen-bond donors (Lipinski definition) is 0. The number of aliphatic carboxylic acids is 1. The molecule has 9 heteroatoms. The molecule has 0 heterocycles. The molecule has 0 amide bonds. The van der Waals surface area contributed by atoms with Crippen molar-refractivity contribution in [1.82, 2.24) is 0 Å². The second-order valence-corrected chi connectivity index (χ2v) is 27.6. The van der Waals surface area contributed by atoms with Crippen molar-refractivity contribution in [3.8, 4) is 0 Å². The molecule has 0 aromatic rings. The summed E-state index contributed by atoms with van der Waals surface area (Å²) in [5.41, 5.74) is 0. The van der Waals surface area contributed by atoms with Crippen LogP contribution in [-0.4, -0.2) is 82.3 Å². The topological polar surface area (TPSA) is 111 Å².